The first-order valence-corrected chi connectivity index (χ1v) is 8.57. The summed E-state index contributed by atoms with van der Waals surface area (Å²) in [4.78, 5) is 17.6. The smallest absolute Gasteiger partial charge is 0.252 e. The number of amides is 1. The Morgan fingerprint density at radius 2 is 2.04 bits per heavy atom. The van der Waals surface area contributed by atoms with Gasteiger partial charge in [-0.05, 0) is 50.2 Å². The molecule has 120 valence electrons. The van der Waals surface area contributed by atoms with Gasteiger partial charge in [0.1, 0.15) is 0 Å². The van der Waals surface area contributed by atoms with Crippen molar-refractivity contribution in [2.24, 2.45) is 5.92 Å². The molecule has 2 aliphatic carbocycles. The Morgan fingerprint density at radius 1 is 1.26 bits per heavy atom. The summed E-state index contributed by atoms with van der Waals surface area (Å²) in [5, 5.41) is 13.3. The highest BCUT2D eigenvalue weighted by atomic mass is 16.3. The summed E-state index contributed by atoms with van der Waals surface area (Å²) in [7, 11) is 0. The van der Waals surface area contributed by atoms with Crippen LogP contribution < -0.4 is 5.32 Å². The van der Waals surface area contributed by atoms with Gasteiger partial charge in [0, 0.05) is 29.6 Å². The van der Waals surface area contributed by atoms with Crippen LogP contribution in [0.25, 0.3) is 10.9 Å². The highest BCUT2D eigenvalue weighted by Crippen LogP contribution is 2.40. The molecule has 4 nitrogen and oxygen atoms in total. The van der Waals surface area contributed by atoms with Crippen LogP contribution in [0.15, 0.2) is 30.3 Å². The van der Waals surface area contributed by atoms with E-state index < -0.39 is 0 Å². The second kappa shape index (κ2) is 5.93. The van der Waals surface area contributed by atoms with Crippen LogP contribution in [-0.2, 0) is 0 Å². The average Bonchev–Trinajstić information content (AvgIpc) is 3.46. The Hall–Kier alpha value is -1.94. The van der Waals surface area contributed by atoms with Crippen LogP contribution in [-0.4, -0.2) is 28.6 Å². The van der Waals surface area contributed by atoms with Crippen molar-refractivity contribution in [3.05, 3.63) is 41.6 Å². The number of nitrogens with one attached hydrogen (secondary N) is 1. The van der Waals surface area contributed by atoms with Gasteiger partial charge in [0.25, 0.3) is 5.91 Å². The molecule has 2 aliphatic rings. The topological polar surface area (TPSA) is 62.2 Å². The molecule has 1 amide bonds. The average molecular weight is 310 g/mol. The SMILES string of the molecule is O=C(NC(CCO)C1CC1)c1cc(C2CC2)nc2ccccc12. The Kier molecular flexibility index (Phi) is 3.77. The number of aliphatic hydroxyl groups is 1. The minimum absolute atomic E-state index is 0.0316. The van der Waals surface area contributed by atoms with Crippen molar-refractivity contribution in [1.82, 2.24) is 10.3 Å². The molecule has 2 N–H and O–H groups in total. The lowest BCUT2D eigenvalue weighted by atomic mass is 10.0. The molecular formula is C19H22N2O2. The minimum atomic E-state index is -0.0316. The van der Waals surface area contributed by atoms with Crippen molar-refractivity contribution in [1.29, 1.82) is 0 Å². The summed E-state index contributed by atoms with van der Waals surface area (Å²) in [5.41, 5.74) is 2.66. The van der Waals surface area contributed by atoms with E-state index in [2.05, 4.69) is 5.32 Å². The number of rotatable bonds is 6. The fraction of sp³-hybridized carbons (Fsp3) is 0.474. The van der Waals surface area contributed by atoms with E-state index in [-0.39, 0.29) is 18.6 Å². The zero-order chi connectivity index (χ0) is 15.8. The van der Waals surface area contributed by atoms with Crippen LogP contribution in [0, 0.1) is 5.92 Å². The molecule has 23 heavy (non-hydrogen) atoms. The molecule has 2 fully saturated rings. The number of hydrogen-bond donors (Lipinski definition) is 2. The number of pyridine rings is 1. The first-order chi connectivity index (χ1) is 11.3. The zero-order valence-corrected chi connectivity index (χ0v) is 13.2. The maximum absolute atomic E-state index is 12.9. The van der Waals surface area contributed by atoms with Crippen molar-refractivity contribution in [3.63, 3.8) is 0 Å². The number of hydrogen-bond acceptors (Lipinski definition) is 3. The van der Waals surface area contributed by atoms with Crippen LogP contribution in [0.3, 0.4) is 0 Å². The lowest BCUT2D eigenvalue weighted by Gasteiger charge is -2.18. The van der Waals surface area contributed by atoms with Gasteiger partial charge < -0.3 is 10.4 Å². The largest absolute Gasteiger partial charge is 0.396 e. The molecule has 0 spiro atoms. The van der Waals surface area contributed by atoms with E-state index in [0.717, 1.165) is 35.0 Å². The summed E-state index contributed by atoms with van der Waals surface area (Å²) in [6.07, 6.45) is 5.27. The third-order valence-corrected chi connectivity index (χ3v) is 4.92. The number of nitrogens with zero attached hydrogens (tertiary/aromatic N) is 1. The van der Waals surface area contributed by atoms with Gasteiger partial charge in [-0.1, -0.05) is 18.2 Å². The van der Waals surface area contributed by atoms with Crippen molar-refractivity contribution in [2.45, 2.75) is 44.1 Å². The normalized spacial score (nSPS) is 18.8. The molecule has 2 saturated carbocycles. The van der Waals surface area contributed by atoms with Crippen molar-refractivity contribution < 1.29 is 9.90 Å². The highest BCUT2D eigenvalue weighted by Gasteiger charge is 2.33. The van der Waals surface area contributed by atoms with E-state index >= 15 is 0 Å². The Labute approximate surface area is 135 Å². The van der Waals surface area contributed by atoms with Crippen LogP contribution in [0.5, 0.6) is 0 Å². The molecule has 1 aromatic carbocycles. The summed E-state index contributed by atoms with van der Waals surface area (Å²) in [6, 6.07) is 9.91. The third kappa shape index (κ3) is 3.08. The van der Waals surface area contributed by atoms with Gasteiger partial charge >= 0.3 is 0 Å². The van der Waals surface area contributed by atoms with E-state index in [4.69, 9.17) is 4.98 Å². The lowest BCUT2D eigenvalue weighted by molar-refractivity contribution is 0.0926. The number of carbonyl (C=O) groups is 1. The highest BCUT2D eigenvalue weighted by molar-refractivity contribution is 6.06. The molecule has 0 aliphatic heterocycles. The lowest BCUT2D eigenvalue weighted by Crippen LogP contribution is -2.37. The van der Waals surface area contributed by atoms with E-state index in [1.54, 1.807) is 0 Å². The predicted octanol–water partition coefficient (Wildman–Crippen LogP) is 3.00. The Morgan fingerprint density at radius 3 is 2.74 bits per heavy atom. The van der Waals surface area contributed by atoms with E-state index in [9.17, 15) is 9.90 Å². The summed E-state index contributed by atoms with van der Waals surface area (Å²) >= 11 is 0. The maximum Gasteiger partial charge on any atom is 0.252 e. The third-order valence-electron chi connectivity index (χ3n) is 4.92. The molecule has 2 aromatic rings. The number of fused-ring (bicyclic) bond motifs is 1. The van der Waals surface area contributed by atoms with Crippen LogP contribution >= 0.6 is 0 Å². The standard InChI is InChI=1S/C19H22N2O2/c22-10-9-16(12-5-6-12)21-19(23)15-11-18(13-7-8-13)20-17-4-2-1-3-14(15)17/h1-4,11-13,16,22H,5-10H2,(H,21,23). The van der Waals surface area contributed by atoms with Crippen molar-refractivity contribution in [2.75, 3.05) is 6.61 Å². The molecule has 1 atom stereocenters. The van der Waals surface area contributed by atoms with Crippen LogP contribution in [0.4, 0.5) is 0 Å². The Bertz CT molecular complexity index is 735. The molecule has 1 aromatic heterocycles. The van der Waals surface area contributed by atoms with Gasteiger partial charge in [-0.25, -0.2) is 0 Å². The molecule has 1 heterocycles. The molecule has 0 saturated heterocycles. The van der Waals surface area contributed by atoms with Crippen molar-refractivity contribution in [3.8, 4) is 0 Å². The fourth-order valence-electron chi connectivity index (χ4n) is 3.28. The minimum Gasteiger partial charge on any atom is -0.396 e. The number of aromatic nitrogens is 1. The van der Waals surface area contributed by atoms with Gasteiger partial charge in [-0.15, -0.1) is 0 Å². The van der Waals surface area contributed by atoms with Gasteiger partial charge in [0.05, 0.1) is 11.1 Å². The summed E-state index contributed by atoms with van der Waals surface area (Å²) in [5.74, 6) is 1.01. The number of aliphatic hydroxyl groups excluding tert-OH is 1. The van der Waals surface area contributed by atoms with Gasteiger partial charge in [0.2, 0.25) is 0 Å². The molecule has 0 radical (unpaired) electrons. The van der Waals surface area contributed by atoms with E-state index in [1.807, 2.05) is 30.3 Å². The van der Waals surface area contributed by atoms with Crippen LogP contribution in [0.1, 0.15) is 54.1 Å². The monoisotopic (exact) mass is 310 g/mol. The maximum atomic E-state index is 12.9. The van der Waals surface area contributed by atoms with Gasteiger partial charge in [0.15, 0.2) is 0 Å². The fourth-order valence-corrected chi connectivity index (χ4v) is 3.28. The van der Waals surface area contributed by atoms with Crippen molar-refractivity contribution >= 4 is 16.8 Å². The number of benzene rings is 1. The van der Waals surface area contributed by atoms with Gasteiger partial charge in [-0.2, -0.15) is 0 Å². The van der Waals surface area contributed by atoms with Gasteiger partial charge in [-0.3, -0.25) is 9.78 Å². The first-order valence-electron chi connectivity index (χ1n) is 8.57. The second-order valence-corrected chi connectivity index (χ2v) is 6.82. The first kappa shape index (κ1) is 14.6. The molecule has 4 rings (SSSR count). The molecule has 1 unspecified atom stereocenters. The molecule has 0 bridgehead atoms. The number of para-hydroxylation sites is 1. The predicted molar refractivity (Wildman–Crippen MR) is 89.4 cm³/mol. The van der Waals surface area contributed by atoms with Crippen LogP contribution in [0.2, 0.25) is 0 Å². The van der Waals surface area contributed by atoms with E-state index in [0.29, 0.717) is 18.3 Å². The number of carbonyl (C=O) groups excluding carboxylic acids is 1. The summed E-state index contributed by atoms with van der Waals surface area (Å²) in [6.45, 7) is 0.117. The summed E-state index contributed by atoms with van der Waals surface area (Å²) < 4.78 is 0. The second-order valence-electron chi connectivity index (χ2n) is 6.82. The van der Waals surface area contributed by atoms with E-state index in [1.165, 1.54) is 12.8 Å². The zero-order valence-electron chi connectivity index (χ0n) is 13.2. The molecular weight excluding hydrogens is 288 g/mol. The molecule has 4 heteroatoms. The quantitative estimate of drug-likeness (QED) is 0.862. The Balaban J connectivity index is 1.67.